The number of thioether (sulfide) groups is 1. The number of primary amides is 2. The summed E-state index contributed by atoms with van der Waals surface area (Å²) < 4.78 is 0. The third kappa shape index (κ3) is 9.55. The number of carboxylic acids is 1. The van der Waals surface area contributed by atoms with Crippen molar-refractivity contribution in [3.63, 3.8) is 0 Å². The highest BCUT2D eigenvalue weighted by Crippen LogP contribution is 2.19. The minimum absolute atomic E-state index is 0.178. The number of nitrogens with one attached hydrogen (secondary N) is 2. The zero-order chi connectivity index (χ0) is 25.8. The first-order chi connectivity index (χ1) is 16.0. The minimum atomic E-state index is -1.42. The summed E-state index contributed by atoms with van der Waals surface area (Å²) in [6, 6.07) is -4.30. The maximum Gasteiger partial charge on any atom is 0.326 e. The Morgan fingerprint density at radius 1 is 1.00 bits per heavy atom. The number of carboxylic acid groups (broad SMARTS) is 1. The van der Waals surface area contributed by atoms with Crippen LogP contribution in [-0.4, -0.2) is 88.2 Å². The monoisotopic (exact) mass is 502 g/mol. The molecule has 0 aromatic carbocycles. The highest BCUT2D eigenvalue weighted by Gasteiger charge is 2.37. The molecule has 1 saturated heterocycles. The summed E-state index contributed by atoms with van der Waals surface area (Å²) in [6.45, 7) is 0.343. The SMILES string of the molecule is CSCCC(N)C(=O)N1CCCC1C(=O)NC(CCC(N)=O)C(=O)NC(CCC(N)=O)C(=O)O. The number of carbonyl (C=O) groups is 6. The fourth-order valence-electron chi connectivity index (χ4n) is 3.52. The van der Waals surface area contributed by atoms with Crippen LogP contribution in [0.1, 0.15) is 44.9 Å². The van der Waals surface area contributed by atoms with Crippen LogP contribution in [-0.2, 0) is 28.8 Å². The van der Waals surface area contributed by atoms with E-state index in [4.69, 9.17) is 17.2 Å². The van der Waals surface area contributed by atoms with Crippen LogP contribution in [0.5, 0.6) is 0 Å². The summed E-state index contributed by atoms with van der Waals surface area (Å²) >= 11 is 1.55. The van der Waals surface area contributed by atoms with Gasteiger partial charge in [0.2, 0.25) is 29.5 Å². The molecule has 34 heavy (non-hydrogen) atoms. The summed E-state index contributed by atoms with van der Waals surface area (Å²) in [4.78, 5) is 73.5. The summed E-state index contributed by atoms with van der Waals surface area (Å²) in [6.07, 6.45) is 2.35. The normalized spacial score (nSPS) is 17.9. The van der Waals surface area contributed by atoms with Gasteiger partial charge in [0, 0.05) is 19.4 Å². The molecule has 5 amide bonds. The van der Waals surface area contributed by atoms with Gasteiger partial charge in [0.25, 0.3) is 0 Å². The van der Waals surface area contributed by atoms with Crippen LogP contribution in [0.3, 0.4) is 0 Å². The molecule has 1 rings (SSSR count). The van der Waals surface area contributed by atoms with Crippen molar-refractivity contribution in [2.75, 3.05) is 18.6 Å². The summed E-state index contributed by atoms with van der Waals surface area (Å²) in [5.41, 5.74) is 16.2. The Bertz CT molecular complexity index is 781. The van der Waals surface area contributed by atoms with Gasteiger partial charge < -0.3 is 37.8 Å². The maximum atomic E-state index is 13.0. The Morgan fingerprint density at radius 3 is 2.12 bits per heavy atom. The quantitative estimate of drug-likeness (QED) is 0.140. The van der Waals surface area contributed by atoms with Gasteiger partial charge >= 0.3 is 5.97 Å². The zero-order valence-corrected chi connectivity index (χ0v) is 20.0. The van der Waals surface area contributed by atoms with Gasteiger partial charge in [-0.15, -0.1) is 0 Å². The maximum absolute atomic E-state index is 13.0. The van der Waals surface area contributed by atoms with Crippen molar-refractivity contribution in [3.05, 3.63) is 0 Å². The Kier molecular flexibility index (Phi) is 12.4. The van der Waals surface area contributed by atoms with Crippen LogP contribution in [0.25, 0.3) is 0 Å². The molecule has 1 fully saturated rings. The van der Waals surface area contributed by atoms with Crippen LogP contribution >= 0.6 is 11.8 Å². The van der Waals surface area contributed by atoms with Gasteiger partial charge in [-0.25, -0.2) is 4.79 Å². The van der Waals surface area contributed by atoms with E-state index in [2.05, 4.69) is 10.6 Å². The molecule has 4 unspecified atom stereocenters. The molecule has 1 aliphatic rings. The van der Waals surface area contributed by atoms with E-state index in [1.165, 1.54) is 4.90 Å². The predicted octanol–water partition coefficient (Wildman–Crippen LogP) is -2.36. The van der Waals surface area contributed by atoms with E-state index in [-0.39, 0.29) is 31.6 Å². The van der Waals surface area contributed by atoms with E-state index >= 15 is 0 Å². The van der Waals surface area contributed by atoms with Crippen molar-refractivity contribution in [3.8, 4) is 0 Å². The molecular weight excluding hydrogens is 468 g/mol. The number of hydrogen-bond donors (Lipinski definition) is 6. The number of amides is 5. The molecule has 1 aliphatic heterocycles. The minimum Gasteiger partial charge on any atom is -0.480 e. The van der Waals surface area contributed by atoms with Gasteiger partial charge in [-0.3, -0.25) is 24.0 Å². The van der Waals surface area contributed by atoms with Crippen LogP contribution < -0.4 is 27.8 Å². The van der Waals surface area contributed by atoms with E-state index in [1.54, 1.807) is 11.8 Å². The molecule has 1 heterocycles. The van der Waals surface area contributed by atoms with Crippen LogP contribution in [0.15, 0.2) is 0 Å². The molecule has 0 bridgehead atoms. The van der Waals surface area contributed by atoms with Gasteiger partial charge in [0.15, 0.2) is 0 Å². The average molecular weight is 503 g/mol. The van der Waals surface area contributed by atoms with Crippen molar-refractivity contribution in [2.24, 2.45) is 17.2 Å². The van der Waals surface area contributed by atoms with Crippen LogP contribution in [0.2, 0.25) is 0 Å². The summed E-state index contributed by atoms with van der Waals surface area (Å²) in [7, 11) is 0. The lowest BCUT2D eigenvalue weighted by Crippen LogP contribution is -2.56. The zero-order valence-electron chi connectivity index (χ0n) is 19.2. The van der Waals surface area contributed by atoms with Gasteiger partial charge in [-0.2, -0.15) is 11.8 Å². The number of nitrogens with zero attached hydrogens (tertiary/aromatic N) is 1. The van der Waals surface area contributed by atoms with Gasteiger partial charge in [0.1, 0.15) is 18.1 Å². The second kappa shape index (κ2) is 14.4. The molecule has 4 atom stereocenters. The van der Waals surface area contributed by atoms with E-state index in [1.807, 2.05) is 6.26 Å². The standard InChI is InChI=1S/C20H34N6O7S/c1-34-10-8-11(21)19(31)26-9-2-3-14(26)18(30)24-12(4-6-15(22)27)17(29)25-13(20(32)33)5-7-16(23)28/h11-14H,2-10,21H2,1H3,(H2,22,27)(H2,23,28)(H,24,30)(H,25,29)(H,32,33). The predicted molar refractivity (Wildman–Crippen MR) is 124 cm³/mol. The largest absolute Gasteiger partial charge is 0.480 e. The molecule has 0 radical (unpaired) electrons. The molecule has 0 aromatic heterocycles. The second-order valence-electron chi connectivity index (χ2n) is 8.05. The fourth-order valence-corrected chi connectivity index (χ4v) is 4.01. The first-order valence-corrected chi connectivity index (χ1v) is 12.3. The van der Waals surface area contributed by atoms with E-state index in [0.717, 1.165) is 0 Å². The smallest absolute Gasteiger partial charge is 0.326 e. The fraction of sp³-hybridized carbons (Fsp3) is 0.700. The Labute approximate surface area is 201 Å². The van der Waals surface area contributed by atoms with Crippen LogP contribution in [0, 0.1) is 0 Å². The van der Waals surface area contributed by atoms with Crippen molar-refractivity contribution < 1.29 is 33.9 Å². The topological polar surface area (TPSA) is 228 Å². The highest BCUT2D eigenvalue weighted by atomic mass is 32.2. The summed E-state index contributed by atoms with van der Waals surface area (Å²) in [5.74, 6) is -3.99. The van der Waals surface area contributed by atoms with E-state index in [9.17, 15) is 33.9 Å². The second-order valence-corrected chi connectivity index (χ2v) is 9.03. The van der Waals surface area contributed by atoms with Crippen molar-refractivity contribution in [2.45, 2.75) is 69.1 Å². The van der Waals surface area contributed by atoms with Gasteiger partial charge in [0.05, 0.1) is 6.04 Å². The van der Waals surface area contributed by atoms with Gasteiger partial charge in [-0.1, -0.05) is 0 Å². The lowest BCUT2D eigenvalue weighted by molar-refractivity contribution is -0.143. The van der Waals surface area contributed by atoms with Crippen molar-refractivity contribution >= 4 is 47.3 Å². The van der Waals surface area contributed by atoms with Gasteiger partial charge in [-0.05, 0) is 44.1 Å². The number of nitrogens with two attached hydrogens (primary N) is 3. The number of rotatable bonds is 15. The Hall–Kier alpha value is -2.87. The van der Waals surface area contributed by atoms with Crippen molar-refractivity contribution in [1.29, 1.82) is 0 Å². The van der Waals surface area contributed by atoms with E-state index in [0.29, 0.717) is 31.6 Å². The Morgan fingerprint density at radius 2 is 1.59 bits per heavy atom. The number of likely N-dealkylation sites (tertiary alicyclic amines) is 1. The first-order valence-electron chi connectivity index (χ1n) is 10.9. The molecule has 0 aliphatic carbocycles. The van der Waals surface area contributed by atoms with Crippen molar-refractivity contribution in [1.82, 2.24) is 15.5 Å². The molecule has 0 aromatic rings. The molecule has 0 spiro atoms. The molecular formula is C20H34N6O7S. The third-order valence-corrected chi connectivity index (χ3v) is 6.04. The summed E-state index contributed by atoms with van der Waals surface area (Å²) in [5, 5.41) is 14.1. The number of aliphatic carboxylic acids is 1. The number of hydrogen-bond acceptors (Lipinski definition) is 8. The Balaban J connectivity index is 2.92. The average Bonchev–Trinajstić information content (AvgIpc) is 3.26. The molecule has 13 nitrogen and oxygen atoms in total. The number of carbonyl (C=O) groups excluding carboxylic acids is 5. The highest BCUT2D eigenvalue weighted by molar-refractivity contribution is 7.98. The first kappa shape index (κ1) is 29.2. The third-order valence-electron chi connectivity index (χ3n) is 5.40. The lowest BCUT2D eigenvalue weighted by Gasteiger charge is -2.28. The van der Waals surface area contributed by atoms with E-state index < -0.39 is 53.8 Å². The van der Waals surface area contributed by atoms with Crippen LogP contribution in [0.4, 0.5) is 0 Å². The molecule has 9 N–H and O–H groups in total. The lowest BCUT2D eigenvalue weighted by atomic mass is 10.1. The molecule has 0 saturated carbocycles. The molecule has 14 heteroatoms. The molecule has 192 valence electrons.